The Bertz CT molecular complexity index is 746. The predicted octanol–water partition coefficient (Wildman–Crippen LogP) is 2.87. The van der Waals surface area contributed by atoms with E-state index in [1.54, 1.807) is 18.5 Å². The Balaban J connectivity index is 1.27. The number of ether oxygens (including phenoxy) is 1. The van der Waals surface area contributed by atoms with Crippen LogP contribution in [-0.4, -0.2) is 41.5 Å². The highest BCUT2D eigenvalue weighted by Crippen LogP contribution is 2.31. The lowest BCUT2D eigenvalue weighted by molar-refractivity contribution is 0.0947. The van der Waals surface area contributed by atoms with Crippen LogP contribution in [-0.2, 0) is 6.61 Å². The van der Waals surface area contributed by atoms with Gasteiger partial charge in [0.05, 0.1) is 0 Å². The second-order valence-electron chi connectivity index (χ2n) is 7.27. The van der Waals surface area contributed by atoms with Gasteiger partial charge in [-0.15, -0.1) is 0 Å². The number of carbonyl (C=O) groups is 1. The maximum absolute atomic E-state index is 12.5. The zero-order valence-electron chi connectivity index (χ0n) is 14.9. The molecule has 0 radical (unpaired) electrons. The highest BCUT2D eigenvalue weighted by atomic mass is 16.5. The summed E-state index contributed by atoms with van der Waals surface area (Å²) in [6.45, 7) is 3.50. The topological polar surface area (TPSA) is 54.5 Å². The number of nitrogens with zero attached hydrogens (tertiary/aromatic N) is 2. The van der Waals surface area contributed by atoms with Crippen molar-refractivity contribution in [1.29, 1.82) is 0 Å². The van der Waals surface area contributed by atoms with E-state index < -0.39 is 0 Å². The number of amides is 1. The van der Waals surface area contributed by atoms with Crippen LogP contribution in [0.5, 0.6) is 5.75 Å². The van der Waals surface area contributed by atoms with Gasteiger partial charge in [-0.2, -0.15) is 0 Å². The molecule has 136 valence electrons. The number of nitrogens with one attached hydrogen (secondary N) is 1. The fraction of sp³-hybridized carbons (Fsp3) is 0.429. The van der Waals surface area contributed by atoms with Crippen molar-refractivity contribution in [1.82, 2.24) is 15.2 Å². The van der Waals surface area contributed by atoms with Crippen LogP contribution in [0, 0.1) is 5.92 Å². The molecule has 1 aromatic heterocycles. The Morgan fingerprint density at radius 1 is 1.23 bits per heavy atom. The molecule has 2 aromatic rings. The molecule has 1 saturated carbocycles. The van der Waals surface area contributed by atoms with Crippen LogP contribution in [0.15, 0.2) is 48.8 Å². The third-order valence-electron chi connectivity index (χ3n) is 5.16. The van der Waals surface area contributed by atoms with Gasteiger partial charge in [0.25, 0.3) is 5.91 Å². The summed E-state index contributed by atoms with van der Waals surface area (Å²) in [5, 5.41) is 3.09. The third-order valence-corrected chi connectivity index (χ3v) is 5.16. The van der Waals surface area contributed by atoms with Crippen molar-refractivity contribution in [2.24, 2.45) is 5.92 Å². The molecule has 5 nitrogen and oxygen atoms in total. The van der Waals surface area contributed by atoms with Crippen molar-refractivity contribution >= 4 is 5.91 Å². The fourth-order valence-electron chi connectivity index (χ4n) is 3.52. The SMILES string of the molecule is O=C(NCC1CCN(C2CC2)C1)c1cccc(OCc2cccnc2)c1. The van der Waals surface area contributed by atoms with Crippen LogP contribution in [0.25, 0.3) is 0 Å². The van der Waals surface area contributed by atoms with Crippen molar-refractivity contribution in [2.45, 2.75) is 31.9 Å². The van der Waals surface area contributed by atoms with E-state index in [9.17, 15) is 4.79 Å². The first-order valence-electron chi connectivity index (χ1n) is 9.42. The molecule has 0 spiro atoms. The van der Waals surface area contributed by atoms with Gasteiger partial charge in [0.2, 0.25) is 0 Å². The lowest BCUT2D eigenvalue weighted by Crippen LogP contribution is -2.31. The van der Waals surface area contributed by atoms with E-state index in [-0.39, 0.29) is 5.91 Å². The van der Waals surface area contributed by atoms with E-state index in [2.05, 4.69) is 15.2 Å². The molecule has 1 aliphatic heterocycles. The van der Waals surface area contributed by atoms with Crippen molar-refractivity contribution in [2.75, 3.05) is 19.6 Å². The highest BCUT2D eigenvalue weighted by molar-refractivity contribution is 5.94. The molecular formula is C21H25N3O2. The minimum absolute atomic E-state index is 0.0262. The number of hydrogen-bond acceptors (Lipinski definition) is 4. The summed E-state index contributed by atoms with van der Waals surface area (Å²) in [4.78, 5) is 19.1. The average Bonchev–Trinajstić information content (AvgIpc) is 3.44. The first kappa shape index (κ1) is 17.0. The second-order valence-corrected chi connectivity index (χ2v) is 7.27. The van der Waals surface area contributed by atoms with Crippen molar-refractivity contribution in [3.05, 3.63) is 59.9 Å². The summed E-state index contributed by atoms with van der Waals surface area (Å²) in [6.07, 6.45) is 7.41. The Morgan fingerprint density at radius 3 is 2.96 bits per heavy atom. The number of rotatable bonds is 7. The Morgan fingerprint density at radius 2 is 2.15 bits per heavy atom. The predicted molar refractivity (Wildman–Crippen MR) is 100 cm³/mol. The number of benzene rings is 1. The smallest absolute Gasteiger partial charge is 0.251 e. The molecule has 1 unspecified atom stereocenters. The van der Waals surface area contributed by atoms with Gasteiger partial charge in [-0.05, 0) is 56.0 Å². The summed E-state index contributed by atoms with van der Waals surface area (Å²) in [6, 6.07) is 12.0. The fourth-order valence-corrected chi connectivity index (χ4v) is 3.52. The van der Waals surface area contributed by atoms with Gasteiger partial charge in [0.1, 0.15) is 12.4 Å². The molecule has 1 aromatic carbocycles. The lowest BCUT2D eigenvalue weighted by atomic mass is 10.1. The normalized spacial score (nSPS) is 20.1. The van der Waals surface area contributed by atoms with Gasteiger partial charge in [0.15, 0.2) is 0 Å². The zero-order valence-corrected chi connectivity index (χ0v) is 14.9. The Kier molecular flexibility index (Phi) is 5.16. The summed E-state index contributed by atoms with van der Waals surface area (Å²) < 4.78 is 5.78. The van der Waals surface area contributed by atoms with Gasteiger partial charge in [-0.1, -0.05) is 12.1 Å². The molecule has 1 aliphatic carbocycles. The number of hydrogen-bond donors (Lipinski definition) is 1. The molecule has 2 heterocycles. The molecule has 1 amide bonds. The molecule has 2 fully saturated rings. The molecule has 26 heavy (non-hydrogen) atoms. The largest absolute Gasteiger partial charge is 0.489 e. The van der Waals surface area contributed by atoms with Crippen molar-refractivity contribution in [3.63, 3.8) is 0 Å². The first-order valence-corrected chi connectivity index (χ1v) is 9.42. The van der Waals surface area contributed by atoms with Crippen LogP contribution >= 0.6 is 0 Å². The van der Waals surface area contributed by atoms with Gasteiger partial charge < -0.3 is 15.0 Å². The molecular weight excluding hydrogens is 326 g/mol. The number of pyridine rings is 1. The van der Waals surface area contributed by atoms with E-state index in [0.29, 0.717) is 23.8 Å². The average molecular weight is 351 g/mol. The maximum Gasteiger partial charge on any atom is 0.251 e. The molecule has 5 heteroatoms. The zero-order chi connectivity index (χ0) is 17.8. The minimum atomic E-state index is -0.0262. The molecule has 1 atom stereocenters. The summed E-state index contributed by atoms with van der Waals surface area (Å²) in [7, 11) is 0. The van der Waals surface area contributed by atoms with E-state index in [0.717, 1.165) is 24.7 Å². The third kappa shape index (κ3) is 4.41. The Labute approximate surface area is 154 Å². The summed E-state index contributed by atoms with van der Waals surface area (Å²) in [5.41, 5.74) is 1.65. The molecule has 1 saturated heterocycles. The van der Waals surface area contributed by atoms with Crippen LogP contribution in [0.4, 0.5) is 0 Å². The van der Waals surface area contributed by atoms with Gasteiger partial charge >= 0.3 is 0 Å². The van der Waals surface area contributed by atoms with E-state index in [1.807, 2.05) is 30.3 Å². The van der Waals surface area contributed by atoms with Crippen molar-refractivity contribution in [3.8, 4) is 5.75 Å². The standard InChI is InChI=1S/C21H25N3O2/c25-21(23-13-16-8-10-24(14-16)19-6-7-19)18-4-1-5-20(11-18)26-15-17-3-2-9-22-12-17/h1-5,9,11-12,16,19H,6-8,10,13-15H2,(H,23,25). The molecule has 1 N–H and O–H groups in total. The van der Waals surface area contributed by atoms with Gasteiger partial charge in [-0.3, -0.25) is 9.78 Å². The summed E-state index contributed by atoms with van der Waals surface area (Å²) in [5.74, 6) is 1.24. The highest BCUT2D eigenvalue weighted by Gasteiger charge is 2.34. The number of aromatic nitrogens is 1. The minimum Gasteiger partial charge on any atom is -0.489 e. The monoisotopic (exact) mass is 351 g/mol. The lowest BCUT2D eigenvalue weighted by Gasteiger charge is -2.15. The quantitative estimate of drug-likeness (QED) is 0.833. The number of carbonyl (C=O) groups excluding carboxylic acids is 1. The summed E-state index contributed by atoms with van der Waals surface area (Å²) >= 11 is 0. The van der Waals surface area contributed by atoms with Gasteiger partial charge in [-0.25, -0.2) is 0 Å². The van der Waals surface area contributed by atoms with Gasteiger partial charge in [0, 0.05) is 42.7 Å². The molecule has 0 bridgehead atoms. The molecule has 4 rings (SSSR count). The first-order chi connectivity index (χ1) is 12.8. The molecule has 2 aliphatic rings. The van der Waals surface area contributed by atoms with E-state index in [4.69, 9.17) is 4.74 Å². The van der Waals surface area contributed by atoms with Crippen LogP contribution in [0.3, 0.4) is 0 Å². The Hall–Kier alpha value is -2.40. The number of likely N-dealkylation sites (tertiary alicyclic amines) is 1. The second kappa shape index (κ2) is 7.87. The maximum atomic E-state index is 12.5. The van der Waals surface area contributed by atoms with Crippen molar-refractivity contribution < 1.29 is 9.53 Å². The van der Waals surface area contributed by atoms with Crippen LogP contribution in [0.2, 0.25) is 0 Å². The van der Waals surface area contributed by atoms with E-state index in [1.165, 1.54) is 25.8 Å². The van der Waals surface area contributed by atoms with Crippen LogP contribution < -0.4 is 10.1 Å². The van der Waals surface area contributed by atoms with E-state index >= 15 is 0 Å². The van der Waals surface area contributed by atoms with Crippen LogP contribution in [0.1, 0.15) is 35.2 Å².